The molecular formula is C23H25ClF4N2O. The number of nitrogens with one attached hydrogen (secondary N) is 1. The van der Waals surface area contributed by atoms with Crippen molar-refractivity contribution in [2.75, 3.05) is 6.54 Å². The number of hydrogen-bond acceptors (Lipinski definition) is 2. The molecule has 2 aromatic carbocycles. The highest BCUT2D eigenvalue weighted by molar-refractivity contribution is 6.31. The molecule has 1 N–H and O–H groups in total. The van der Waals surface area contributed by atoms with Crippen LogP contribution in [0.15, 0.2) is 42.5 Å². The van der Waals surface area contributed by atoms with E-state index in [-0.39, 0.29) is 6.04 Å². The number of amides is 1. The van der Waals surface area contributed by atoms with Crippen molar-refractivity contribution in [3.05, 3.63) is 70.0 Å². The lowest BCUT2D eigenvalue weighted by molar-refractivity contribution is -0.138. The summed E-state index contributed by atoms with van der Waals surface area (Å²) in [7, 11) is 0. The average molecular weight is 457 g/mol. The van der Waals surface area contributed by atoms with E-state index in [2.05, 4.69) is 17.1 Å². The Morgan fingerprint density at radius 1 is 1.16 bits per heavy atom. The van der Waals surface area contributed by atoms with E-state index in [1.54, 1.807) is 24.3 Å². The Labute approximate surface area is 184 Å². The van der Waals surface area contributed by atoms with Gasteiger partial charge >= 0.3 is 6.18 Å². The summed E-state index contributed by atoms with van der Waals surface area (Å²) in [4.78, 5) is 15.3. The van der Waals surface area contributed by atoms with Gasteiger partial charge in [-0.2, -0.15) is 13.2 Å². The van der Waals surface area contributed by atoms with Crippen molar-refractivity contribution in [3.8, 4) is 0 Å². The number of carbonyl (C=O) groups excluding carboxylic acids is 1. The molecule has 0 spiro atoms. The van der Waals surface area contributed by atoms with Crippen LogP contribution in [-0.2, 0) is 6.18 Å². The molecule has 1 aliphatic heterocycles. The van der Waals surface area contributed by atoms with Crippen LogP contribution in [0.3, 0.4) is 0 Å². The van der Waals surface area contributed by atoms with Gasteiger partial charge in [-0.05, 0) is 57.9 Å². The molecule has 168 valence electrons. The highest BCUT2D eigenvalue weighted by Gasteiger charge is 2.43. The van der Waals surface area contributed by atoms with E-state index in [0.29, 0.717) is 6.07 Å². The number of benzene rings is 2. The largest absolute Gasteiger partial charge is 0.417 e. The fourth-order valence-electron chi connectivity index (χ4n) is 4.48. The third-order valence-corrected chi connectivity index (χ3v) is 6.33. The molecule has 2 atom stereocenters. The first kappa shape index (κ1) is 23.5. The summed E-state index contributed by atoms with van der Waals surface area (Å²) < 4.78 is 55.2. The molecule has 1 fully saturated rings. The Balaban J connectivity index is 2.06. The van der Waals surface area contributed by atoms with Crippen LogP contribution in [0.1, 0.15) is 61.1 Å². The molecule has 0 aromatic heterocycles. The molecule has 1 aliphatic rings. The Morgan fingerprint density at radius 2 is 1.81 bits per heavy atom. The lowest BCUT2D eigenvalue weighted by Crippen LogP contribution is -2.55. The molecule has 2 unspecified atom stereocenters. The van der Waals surface area contributed by atoms with Gasteiger partial charge < -0.3 is 5.32 Å². The van der Waals surface area contributed by atoms with Crippen molar-refractivity contribution >= 4 is 17.5 Å². The zero-order valence-corrected chi connectivity index (χ0v) is 18.3. The van der Waals surface area contributed by atoms with Gasteiger partial charge in [0.2, 0.25) is 0 Å². The Hall–Kier alpha value is -2.12. The number of alkyl halides is 3. The highest BCUT2D eigenvalue weighted by Crippen LogP contribution is 2.38. The quantitative estimate of drug-likeness (QED) is 0.541. The van der Waals surface area contributed by atoms with E-state index in [9.17, 15) is 22.4 Å². The highest BCUT2D eigenvalue weighted by atomic mass is 35.5. The lowest BCUT2D eigenvalue weighted by Gasteiger charge is -2.45. The minimum Gasteiger partial charge on any atom is -0.343 e. The van der Waals surface area contributed by atoms with Gasteiger partial charge in [0.05, 0.1) is 22.2 Å². The smallest absolute Gasteiger partial charge is 0.343 e. The van der Waals surface area contributed by atoms with Crippen molar-refractivity contribution in [1.82, 2.24) is 10.2 Å². The topological polar surface area (TPSA) is 32.3 Å². The minimum absolute atomic E-state index is 0.242. The van der Waals surface area contributed by atoms with Gasteiger partial charge in [-0.25, -0.2) is 4.39 Å². The van der Waals surface area contributed by atoms with Crippen LogP contribution in [0.2, 0.25) is 5.02 Å². The van der Waals surface area contributed by atoms with Crippen LogP contribution in [0.25, 0.3) is 0 Å². The average Bonchev–Trinajstić information content (AvgIpc) is 3.14. The maximum atomic E-state index is 14.7. The maximum Gasteiger partial charge on any atom is 0.417 e. The molecule has 3 nitrogen and oxygen atoms in total. The number of rotatable bonds is 5. The second-order valence-corrected chi connectivity index (χ2v) is 8.84. The summed E-state index contributed by atoms with van der Waals surface area (Å²) in [6.07, 6.45) is -2.93. The van der Waals surface area contributed by atoms with Crippen molar-refractivity contribution in [2.24, 2.45) is 0 Å². The van der Waals surface area contributed by atoms with Gasteiger partial charge in [-0.1, -0.05) is 41.9 Å². The zero-order chi connectivity index (χ0) is 23.0. The first-order chi connectivity index (χ1) is 14.4. The minimum atomic E-state index is -4.90. The van der Waals surface area contributed by atoms with Gasteiger partial charge in [0.15, 0.2) is 5.82 Å². The molecule has 0 bridgehead atoms. The van der Waals surface area contributed by atoms with E-state index in [0.717, 1.165) is 31.0 Å². The van der Waals surface area contributed by atoms with Crippen LogP contribution in [0, 0.1) is 5.82 Å². The molecule has 3 rings (SSSR count). The first-order valence-corrected chi connectivity index (χ1v) is 10.5. The second kappa shape index (κ2) is 8.79. The summed E-state index contributed by atoms with van der Waals surface area (Å²) in [6.45, 7) is 6.75. The molecule has 8 heteroatoms. The number of nitrogens with zero attached hydrogens (tertiary/aromatic N) is 1. The standard InChI is InChI=1S/C23H25ClF4N2O/c1-14-8-7-13-30(14)22(2,3)20(15-9-5-4-6-10-15)29-21(31)18-16(23(26,27)28)11-12-17(24)19(18)25/h4-6,9-12,14,20H,7-8,13H2,1-3H3,(H,29,31). The maximum absolute atomic E-state index is 14.7. The van der Waals surface area contributed by atoms with E-state index < -0.39 is 45.6 Å². The van der Waals surface area contributed by atoms with Crippen LogP contribution < -0.4 is 5.32 Å². The van der Waals surface area contributed by atoms with Crippen molar-refractivity contribution < 1.29 is 22.4 Å². The molecule has 1 heterocycles. The summed E-state index contributed by atoms with van der Waals surface area (Å²) in [5.74, 6) is -2.53. The SMILES string of the molecule is CC1CCCN1C(C)(C)C(NC(=O)c1c(C(F)(F)F)ccc(Cl)c1F)c1ccccc1. The monoisotopic (exact) mass is 456 g/mol. The molecule has 0 radical (unpaired) electrons. The van der Waals surface area contributed by atoms with Crippen molar-refractivity contribution in [2.45, 2.75) is 57.4 Å². The number of likely N-dealkylation sites (tertiary alicyclic amines) is 1. The zero-order valence-electron chi connectivity index (χ0n) is 17.6. The summed E-state index contributed by atoms with van der Waals surface area (Å²) in [6, 6.07) is 9.99. The first-order valence-electron chi connectivity index (χ1n) is 10.1. The van der Waals surface area contributed by atoms with Gasteiger partial charge in [-0.15, -0.1) is 0 Å². The fourth-order valence-corrected chi connectivity index (χ4v) is 4.64. The van der Waals surface area contributed by atoms with Gasteiger partial charge in [0, 0.05) is 11.6 Å². The Morgan fingerprint density at radius 3 is 2.35 bits per heavy atom. The van der Waals surface area contributed by atoms with Crippen molar-refractivity contribution in [3.63, 3.8) is 0 Å². The predicted molar refractivity (Wildman–Crippen MR) is 113 cm³/mol. The van der Waals surface area contributed by atoms with E-state index in [1.807, 2.05) is 19.9 Å². The predicted octanol–water partition coefficient (Wildman–Crippen LogP) is 6.23. The normalized spacial score (nSPS) is 18.8. The lowest BCUT2D eigenvalue weighted by atomic mass is 9.86. The third kappa shape index (κ3) is 4.72. The Kier molecular flexibility index (Phi) is 6.67. The summed E-state index contributed by atoms with van der Waals surface area (Å²) >= 11 is 5.72. The number of carbonyl (C=O) groups is 1. The van der Waals surface area contributed by atoms with Crippen LogP contribution in [-0.4, -0.2) is 28.9 Å². The molecule has 2 aromatic rings. The number of halogens is 5. The van der Waals surface area contributed by atoms with Gasteiger partial charge in [0.1, 0.15) is 0 Å². The van der Waals surface area contributed by atoms with E-state index in [1.165, 1.54) is 0 Å². The van der Waals surface area contributed by atoms with Gasteiger partial charge in [0.25, 0.3) is 5.91 Å². The van der Waals surface area contributed by atoms with Crippen molar-refractivity contribution in [1.29, 1.82) is 0 Å². The molecule has 31 heavy (non-hydrogen) atoms. The fraction of sp³-hybridized carbons (Fsp3) is 0.435. The second-order valence-electron chi connectivity index (χ2n) is 8.44. The van der Waals surface area contributed by atoms with Crippen LogP contribution in [0.4, 0.5) is 17.6 Å². The summed E-state index contributed by atoms with van der Waals surface area (Å²) in [5, 5.41) is 2.15. The Bertz CT molecular complexity index is 947. The van der Waals surface area contributed by atoms with Gasteiger partial charge in [-0.3, -0.25) is 9.69 Å². The van der Waals surface area contributed by atoms with E-state index in [4.69, 9.17) is 11.6 Å². The molecule has 1 amide bonds. The third-order valence-electron chi connectivity index (χ3n) is 6.04. The van der Waals surface area contributed by atoms with Crippen LogP contribution >= 0.6 is 11.6 Å². The molecule has 1 saturated heterocycles. The summed E-state index contributed by atoms with van der Waals surface area (Å²) in [5.41, 5.74) is -2.37. The molecule has 0 saturated carbocycles. The number of hydrogen-bond donors (Lipinski definition) is 1. The van der Waals surface area contributed by atoms with Crippen LogP contribution in [0.5, 0.6) is 0 Å². The molecule has 0 aliphatic carbocycles. The molecular weight excluding hydrogens is 432 g/mol. The van der Waals surface area contributed by atoms with E-state index >= 15 is 0 Å².